The maximum absolute atomic E-state index is 10.5. The highest BCUT2D eigenvalue weighted by Gasteiger charge is 2.10. The second kappa shape index (κ2) is 4.50. The van der Waals surface area contributed by atoms with Crippen molar-refractivity contribution in [1.29, 1.82) is 0 Å². The van der Waals surface area contributed by atoms with Crippen LogP contribution in [0, 0.1) is 10.1 Å². The van der Waals surface area contributed by atoms with E-state index in [9.17, 15) is 14.3 Å². The van der Waals surface area contributed by atoms with Gasteiger partial charge in [-0.2, -0.15) is 0 Å². The smallest absolute Gasteiger partial charge is 0.269 e. The molecule has 1 N–H and O–H groups in total. The maximum Gasteiger partial charge on any atom is 0.269 e. The van der Waals surface area contributed by atoms with Crippen molar-refractivity contribution in [2.75, 3.05) is 0 Å². The van der Waals surface area contributed by atoms with Gasteiger partial charge in [0.05, 0.1) is 10.7 Å². The van der Waals surface area contributed by atoms with Crippen LogP contribution in [0.15, 0.2) is 18.2 Å². The van der Waals surface area contributed by atoms with Gasteiger partial charge in [-0.25, -0.2) is 4.21 Å². The number of nitro groups is 1. The quantitative estimate of drug-likeness (QED) is 0.493. The molecule has 1 aromatic rings. The van der Waals surface area contributed by atoms with Crippen molar-refractivity contribution in [3.05, 3.63) is 38.9 Å². The molecule has 0 spiro atoms. The minimum absolute atomic E-state index is 0.144. The van der Waals surface area contributed by atoms with Gasteiger partial charge in [0.25, 0.3) is 5.69 Å². The maximum atomic E-state index is 10.5. The fourth-order valence-electron chi connectivity index (χ4n) is 0.918. The molecule has 0 aliphatic carbocycles. The number of halogens is 1. The first-order chi connectivity index (χ1) is 6.50. The number of hydrogen-bond donors (Lipinski definition) is 1. The molecule has 0 fully saturated rings. The molecule has 1 atom stereocenters. The van der Waals surface area contributed by atoms with Crippen molar-refractivity contribution in [2.24, 2.45) is 0 Å². The normalized spacial score (nSPS) is 12.4. The molecule has 0 heterocycles. The third-order valence-corrected chi connectivity index (χ3v) is 2.45. The Labute approximate surface area is 87.1 Å². The summed E-state index contributed by atoms with van der Waals surface area (Å²) in [6.07, 6.45) is 0. The zero-order valence-corrected chi connectivity index (χ0v) is 8.42. The third kappa shape index (κ3) is 2.76. The molecule has 0 aromatic heterocycles. The summed E-state index contributed by atoms with van der Waals surface area (Å²) in [6.45, 7) is 0. The fraction of sp³-hybridized carbons (Fsp3) is 0.143. The second-order valence-corrected chi connectivity index (χ2v) is 3.84. The summed E-state index contributed by atoms with van der Waals surface area (Å²) in [5.74, 6) is -0.208. The van der Waals surface area contributed by atoms with Gasteiger partial charge in [0, 0.05) is 17.2 Å². The van der Waals surface area contributed by atoms with Crippen molar-refractivity contribution in [2.45, 2.75) is 5.75 Å². The third-order valence-electron chi connectivity index (χ3n) is 1.52. The Morgan fingerprint density at radius 1 is 1.57 bits per heavy atom. The van der Waals surface area contributed by atoms with Crippen LogP contribution in [0.3, 0.4) is 0 Å². The fourth-order valence-corrected chi connectivity index (χ4v) is 1.69. The van der Waals surface area contributed by atoms with Gasteiger partial charge in [-0.05, 0) is 11.6 Å². The summed E-state index contributed by atoms with van der Waals surface area (Å²) in [6, 6.07) is 3.77. The van der Waals surface area contributed by atoms with E-state index in [2.05, 4.69) is 0 Å². The van der Waals surface area contributed by atoms with Gasteiger partial charge in [0.1, 0.15) is 0 Å². The molecule has 0 radical (unpaired) electrons. The Bertz CT molecular complexity index is 395. The first-order valence-electron chi connectivity index (χ1n) is 3.51. The van der Waals surface area contributed by atoms with Crippen LogP contribution in [0.2, 0.25) is 5.02 Å². The lowest BCUT2D eigenvalue weighted by molar-refractivity contribution is -0.384. The van der Waals surface area contributed by atoms with Crippen LogP contribution in [-0.2, 0) is 16.8 Å². The number of hydrogen-bond acceptors (Lipinski definition) is 3. The van der Waals surface area contributed by atoms with E-state index in [-0.39, 0.29) is 16.5 Å². The van der Waals surface area contributed by atoms with Gasteiger partial charge >= 0.3 is 0 Å². The van der Waals surface area contributed by atoms with Gasteiger partial charge in [-0.15, -0.1) is 0 Å². The Morgan fingerprint density at radius 3 is 2.71 bits per heavy atom. The SMILES string of the molecule is O=[N+]([O-])c1ccc(Cl)c(CS(=O)O)c1. The van der Waals surface area contributed by atoms with E-state index in [1.54, 1.807) is 0 Å². The van der Waals surface area contributed by atoms with Crippen molar-refractivity contribution in [3.8, 4) is 0 Å². The minimum Gasteiger partial charge on any atom is -0.306 e. The zero-order valence-electron chi connectivity index (χ0n) is 6.84. The van der Waals surface area contributed by atoms with Gasteiger partial charge in [0.15, 0.2) is 11.1 Å². The van der Waals surface area contributed by atoms with Crippen LogP contribution in [0.1, 0.15) is 5.56 Å². The van der Waals surface area contributed by atoms with E-state index in [0.717, 1.165) is 0 Å². The average Bonchev–Trinajstić information content (AvgIpc) is 2.07. The van der Waals surface area contributed by atoms with Crippen LogP contribution in [0.5, 0.6) is 0 Å². The van der Waals surface area contributed by atoms with Crippen molar-refractivity contribution < 1.29 is 13.7 Å². The molecule has 0 amide bonds. The largest absolute Gasteiger partial charge is 0.306 e. The highest BCUT2D eigenvalue weighted by Crippen LogP contribution is 2.22. The highest BCUT2D eigenvalue weighted by atomic mass is 35.5. The van der Waals surface area contributed by atoms with Gasteiger partial charge in [-0.3, -0.25) is 10.1 Å². The Hall–Kier alpha value is -0.980. The summed E-state index contributed by atoms with van der Waals surface area (Å²) in [5.41, 5.74) is 0.150. The predicted molar refractivity (Wildman–Crippen MR) is 52.6 cm³/mol. The van der Waals surface area contributed by atoms with E-state index < -0.39 is 16.0 Å². The van der Waals surface area contributed by atoms with Crippen LogP contribution in [-0.4, -0.2) is 13.7 Å². The zero-order chi connectivity index (χ0) is 10.7. The molecule has 1 aromatic carbocycles. The molecule has 1 unspecified atom stereocenters. The molecule has 14 heavy (non-hydrogen) atoms. The molecular formula is C7H6ClNO4S. The lowest BCUT2D eigenvalue weighted by atomic mass is 10.2. The summed E-state index contributed by atoms with van der Waals surface area (Å²) >= 11 is 3.62. The monoisotopic (exact) mass is 235 g/mol. The first-order valence-corrected chi connectivity index (χ1v) is 5.16. The predicted octanol–water partition coefficient (Wildman–Crippen LogP) is 1.97. The van der Waals surface area contributed by atoms with Crippen LogP contribution in [0.25, 0.3) is 0 Å². The standard InChI is InChI=1S/C7H6ClNO4S/c8-7-2-1-6(9(10)11)3-5(7)4-14(12)13/h1-3H,4H2,(H,12,13). The average molecular weight is 236 g/mol. The van der Waals surface area contributed by atoms with Gasteiger partial charge in [0.2, 0.25) is 0 Å². The van der Waals surface area contributed by atoms with Crippen molar-refractivity contribution >= 4 is 28.4 Å². The van der Waals surface area contributed by atoms with E-state index in [1.165, 1.54) is 18.2 Å². The van der Waals surface area contributed by atoms with E-state index in [0.29, 0.717) is 5.56 Å². The second-order valence-electron chi connectivity index (χ2n) is 2.50. The molecule has 0 aliphatic rings. The number of rotatable bonds is 3. The van der Waals surface area contributed by atoms with Crippen LogP contribution in [0.4, 0.5) is 5.69 Å². The summed E-state index contributed by atoms with van der Waals surface area (Å²) in [7, 11) is 0. The number of nitrogens with zero attached hydrogens (tertiary/aromatic N) is 1. The molecular weight excluding hydrogens is 230 g/mol. The molecule has 0 saturated carbocycles. The molecule has 0 saturated heterocycles. The minimum atomic E-state index is -2.06. The molecule has 0 bridgehead atoms. The van der Waals surface area contributed by atoms with Crippen LogP contribution >= 0.6 is 11.6 Å². The molecule has 0 aliphatic heterocycles. The lowest BCUT2D eigenvalue weighted by Crippen LogP contribution is -1.96. The molecule has 76 valence electrons. The van der Waals surface area contributed by atoms with Gasteiger partial charge in [-0.1, -0.05) is 11.6 Å². The topological polar surface area (TPSA) is 80.4 Å². The van der Waals surface area contributed by atoms with Crippen LogP contribution < -0.4 is 0 Å². The lowest BCUT2D eigenvalue weighted by Gasteiger charge is -2.00. The summed E-state index contributed by atoms with van der Waals surface area (Å²) in [5, 5.41) is 10.6. The summed E-state index contributed by atoms with van der Waals surface area (Å²) in [4.78, 5) is 9.79. The number of non-ortho nitro benzene ring substituents is 1. The van der Waals surface area contributed by atoms with Crippen molar-refractivity contribution in [1.82, 2.24) is 0 Å². The highest BCUT2D eigenvalue weighted by molar-refractivity contribution is 7.78. The number of benzene rings is 1. The van der Waals surface area contributed by atoms with E-state index in [1.807, 2.05) is 0 Å². The first kappa shape index (κ1) is 11.1. The van der Waals surface area contributed by atoms with E-state index >= 15 is 0 Å². The Kier molecular flexibility index (Phi) is 3.56. The number of nitro benzene ring substituents is 1. The molecule has 7 heteroatoms. The van der Waals surface area contributed by atoms with E-state index in [4.69, 9.17) is 16.2 Å². The van der Waals surface area contributed by atoms with Gasteiger partial charge < -0.3 is 4.55 Å². The Morgan fingerprint density at radius 2 is 2.21 bits per heavy atom. The van der Waals surface area contributed by atoms with Crippen molar-refractivity contribution in [3.63, 3.8) is 0 Å². The Balaban J connectivity index is 3.08. The molecule has 1 rings (SSSR count). The summed E-state index contributed by atoms with van der Waals surface area (Å²) < 4.78 is 19.1. The molecule has 5 nitrogen and oxygen atoms in total.